The van der Waals surface area contributed by atoms with Crippen LogP contribution >= 0.6 is 0 Å². The third-order valence-electron chi connectivity index (χ3n) is 5.35. The van der Waals surface area contributed by atoms with Gasteiger partial charge < -0.3 is 9.80 Å². The van der Waals surface area contributed by atoms with E-state index in [1.807, 2.05) is 6.20 Å². The maximum absolute atomic E-state index is 4.56. The van der Waals surface area contributed by atoms with Crippen LogP contribution in [0.1, 0.15) is 36.9 Å². The molecule has 0 N–H and O–H groups in total. The minimum absolute atomic E-state index is 0.616. The number of likely N-dealkylation sites (tertiary alicyclic amines) is 1. The summed E-state index contributed by atoms with van der Waals surface area (Å²) in [5.41, 5.74) is 2.29. The van der Waals surface area contributed by atoms with Crippen molar-refractivity contribution >= 4 is 5.82 Å². The molecular formula is C19H28N6. The van der Waals surface area contributed by atoms with Crippen molar-refractivity contribution in [2.45, 2.75) is 58.2 Å². The van der Waals surface area contributed by atoms with Crippen LogP contribution < -0.4 is 4.90 Å². The highest BCUT2D eigenvalue weighted by atomic mass is 15.3. The Balaban J connectivity index is 1.33. The first kappa shape index (κ1) is 16.5. The molecule has 1 aliphatic carbocycles. The first-order chi connectivity index (χ1) is 12.2. The monoisotopic (exact) mass is 340 g/mol. The van der Waals surface area contributed by atoms with Crippen LogP contribution in [0.3, 0.4) is 0 Å². The van der Waals surface area contributed by atoms with Crippen molar-refractivity contribution in [2.75, 3.05) is 24.5 Å². The van der Waals surface area contributed by atoms with Gasteiger partial charge in [0.2, 0.25) is 0 Å². The average molecular weight is 340 g/mol. The van der Waals surface area contributed by atoms with Crippen LogP contribution in [0.4, 0.5) is 5.82 Å². The number of piperidine rings is 1. The summed E-state index contributed by atoms with van der Waals surface area (Å²) in [6.07, 6.45) is 10.8. The van der Waals surface area contributed by atoms with E-state index in [2.05, 4.69) is 55.7 Å². The van der Waals surface area contributed by atoms with E-state index < -0.39 is 0 Å². The molecule has 25 heavy (non-hydrogen) atoms. The zero-order chi connectivity index (χ0) is 17.2. The molecule has 6 heteroatoms. The number of rotatable bonds is 6. The molecule has 1 saturated heterocycles. The SMILES string of the molecule is Cc1cnn(CCN2CCC(N(c3cc(C)ncn3)C3CC3)CC2)c1. The fourth-order valence-electron chi connectivity index (χ4n) is 3.86. The lowest BCUT2D eigenvalue weighted by atomic mass is 10.0. The van der Waals surface area contributed by atoms with Crippen LogP contribution in [-0.2, 0) is 6.54 Å². The predicted molar refractivity (Wildman–Crippen MR) is 98.7 cm³/mol. The van der Waals surface area contributed by atoms with Gasteiger partial charge in [-0.05, 0) is 45.1 Å². The van der Waals surface area contributed by atoms with Crippen molar-refractivity contribution in [1.82, 2.24) is 24.6 Å². The van der Waals surface area contributed by atoms with Gasteiger partial charge in [-0.25, -0.2) is 9.97 Å². The Morgan fingerprint density at radius 2 is 1.80 bits per heavy atom. The molecule has 2 aromatic heterocycles. The van der Waals surface area contributed by atoms with Crippen molar-refractivity contribution < 1.29 is 0 Å². The van der Waals surface area contributed by atoms with Crippen molar-refractivity contribution in [2.24, 2.45) is 0 Å². The van der Waals surface area contributed by atoms with E-state index in [1.54, 1.807) is 6.33 Å². The van der Waals surface area contributed by atoms with Crippen molar-refractivity contribution in [1.29, 1.82) is 0 Å². The molecule has 4 rings (SSSR count). The molecule has 134 valence electrons. The maximum atomic E-state index is 4.56. The number of anilines is 1. The zero-order valence-electron chi connectivity index (χ0n) is 15.3. The Morgan fingerprint density at radius 3 is 2.44 bits per heavy atom. The van der Waals surface area contributed by atoms with Gasteiger partial charge in [0.05, 0.1) is 12.7 Å². The lowest BCUT2D eigenvalue weighted by Crippen LogP contribution is -2.47. The molecule has 0 radical (unpaired) electrons. The molecule has 1 aliphatic heterocycles. The summed E-state index contributed by atoms with van der Waals surface area (Å²) in [4.78, 5) is 14.0. The van der Waals surface area contributed by atoms with E-state index >= 15 is 0 Å². The molecule has 0 atom stereocenters. The smallest absolute Gasteiger partial charge is 0.132 e. The number of hydrogen-bond donors (Lipinski definition) is 0. The fourth-order valence-corrected chi connectivity index (χ4v) is 3.86. The summed E-state index contributed by atoms with van der Waals surface area (Å²) >= 11 is 0. The second-order valence-electron chi connectivity index (χ2n) is 7.51. The van der Waals surface area contributed by atoms with Gasteiger partial charge in [-0.1, -0.05) is 0 Å². The Bertz CT molecular complexity index is 699. The molecule has 0 unspecified atom stereocenters. The Hall–Kier alpha value is -1.95. The normalized spacial score (nSPS) is 19.3. The third-order valence-corrected chi connectivity index (χ3v) is 5.35. The maximum Gasteiger partial charge on any atom is 0.132 e. The molecule has 0 spiro atoms. The first-order valence-corrected chi connectivity index (χ1v) is 9.47. The standard InChI is InChI=1S/C19H28N6/c1-15-12-22-24(13-15)10-9-23-7-5-18(6-8-23)25(17-3-4-17)19-11-16(2)20-14-21-19/h11-14,17-18H,3-10H2,1-2H3. The minimum Gasteiger partial charge on any atom is -0.350 e. The van der Waals surface area contributed by atoms with Gasteiger partial charge >= 0.3 is 0 Å². The van der Waals surface area contributed by atoms with Crippen LogP contribution in [0, 0.1) is 13.8 Å². The highest BCUT2D eigenvalue weighted by Crippen LogP contribution is 2.35. The number of aryl methyl sites for hydroxylation is 2. The van der Waals surface area contributed by atoms with Crippen molar-refractivity contribution in [3.05, 3.63) is 36.0 Å². The molecule has 0 aromatic carbocycles. The van der Waals surface area contributed by atoms with Gasteiger partial charge in [-0.15, -0.1) is 0 Å². The second-order valence-corrected chi connectivity index (χ2v) is 7.51. The molecule has 3 heterocycles. The molecule has 6 nitrogen and oxygen atoms in total. The van der Waals surface area contributed by atoms with E-state index in [1.165, 1.54) is 31.2 Å². The van der Waals surface area contributed by atoms with E-state index in [4.69, 9.17) is 0 Å². The quantitative estimate of drug-likeness (QED) is 0.808. The highest BCUT2D eigenvalue weighted by molar-refractivity contribution is 5.43. The van der Waals surface area contributed by atoms with Crippen LogP contribution in [0.15, 0.2) is 24.8 Å². The third kappa shape index (κ3) is 4.00. The Kier molecular flexibility index (Phi) is 4.70. The summed E-state index contributed by atoms with van der Waals surface area (Å²) in [7, 11) is 0. The van der Waals surface area contributed by atoms with Crippen molar-refractivity contribution in [3.63, 3.8) is 0 Å². The summed E-state index contributed by atoms with van der Waals surface area (Å²) in [5, 5.41) is 4.39. The molecule has 2 fully saturated rings. The zero-order valence-corrected chi connectivity index (χ0v) is 15.3. The van der Waals surface area contributed by atoms with Crippen LogP contribution in [0.25, 0.3) is 0 Å². The number of nitrogens with zero attached hydrogens (tertiary/aromatic N) is 6. The molecule has 2 aliphatic rings. The van der Waals surface area contributed by atoms with Gasteiger partial charge in [0.15, 0.2) is 0 Å². The lowest BCUT2D eigenvalue weighted by molar-refractivity contribution is 0.199. The topological polar surface area (TPSA) is 50.1 Å². The van der Waals surface area contributed by atoms with Crippen molar-refractivity contribution in [3.8, 4) is 0 Å². The van der Waals surface area contributed by atoms with Crippen LogP contribution in [-0.4, -0.2) is 56.4 Å². The summed E-state index contributed by atoms with van der Waals surface area (Å²) in [6, 6.07) is 3.45. The fraction of sp³-hybridized carbons (Fsp3) is 0.632. The van der Waals surface area contributed by atoms with E-state index in [0.29, 0.717) is 12.1 Å². The second kappa shape index (κ2) is 7.12. The summed E-state index contributed by atoms with van der Waals surface area (Å²) < 4.78 is 2.06. The lowest BCUT2D eigenvalue weighted by Gasteiger charge is -2.39. The predicted octanol–water partition coefficient (Wildman–Crippen LogP) is 2.42. The molecule has 1 saturated carbocycles. The Morgan fingerprint density at radius 1 is 1.04 bits per heavy atom. The Labute approximate surface area is 149 Å². The van der Waals surface area contributed by atoms with Gasteiger partial charge in [0.25, 0.3) is 0 Å². The number of aromatic nitrogens is 4. The van der Waals surface area contributed by atoms with Gasteiger partial charge in [0.1, 0.15) is 12.1 Å². The van der Waals surface area contributed by atoms with E-state index in [0.717, 1.165) is 37.7 Å². The summed E-state index contributed by atoms with van der Waals surface area (Å²) in [5.74, 6) is 1.13. The number of hydrogen-bond acceptors (Lipinski definition) is 5. The highest BCUT2D eigenvalue weighted by Gasteiger charge is 2.36. The molecule has 0 bridgehead atoms. The van der Waals surface area contributed by atoms with Crippen LogP contribution in [0.5, 0.6) is 0 Å². The van der Waals surface area contributed by atoms with E-state index in [-0.39, 0.29) is 0 Å². The van der Waals surface area contributed by atoms with Gasteiger partial charge in [0, 0.05) is 49.7 Å². The minimum atomic E-state index is 0.616. The van der Waals surface area contributed by atoms with E-state index in [9.17, 15) is 0 Å². The van der Waals surface area contributed by atoms with Crippen LogP contribution in [0.2, 0.25) is 0 Å². The van der Waals surface area contributed by atoms with Gasteiger partial charge in [-0.3, -0.25) is 4.68 Å². The summed E-state index contributed by atoms with van der Waals surface area (Å²) in [6.45, 7) is 8.54. The molecule has 0 amide bonds. The molecular weight excluding hydrogens is 312 g/mol. The average Bonchev–Trinajstić information content (AvgIpc) is 3.35. The molecule has 2 aromatic rings. The first-order valence-electron chi connectivity index (χ1n) is 9.47. The van der Waals surface area contributed by atoms with Gasteiger partial charge in [-0.2, -0.15) is 5.10 Å². The largest absolute Gasteiger partial charge is 0.350 e.